The van der Waals surface area contributed by atoms with Gasteiger partial charge in [0.25, 0.3) is 0 Å². The number of anilines is 4. The number of ether oxygens (including phenoxy) is 1. The number of nitrogens with zero attached hydrogens (tertiary/aromatic N) is 3. The van der Waals surface area contributed by atoms with Gasteiger partial charge in [0.15, 0.2) is 11.6 Å². The fraction of sp³-hybridized carbons (Fsp3) is 0.261. The molecule has 2 aromatic carbocycles. The van der Waals surface area contributed by atoms with Gasteiger partial charge in [0.05, 0.1) is 5.56 Å². The average Bonchev–Trinajstić information content (AvgIpc) is 2.74. The lowest BCUT2D eigenvalue weighted by atomic mass is 10.1. The Morgan fingerprint density at radius 3 is 2.59 bits per heavy atom. The third-order valence-electron chi connectivity index (χ3n) is 4.57. The third kappa shape index (κ3) is 6.00. The molecule has 0 saturated heterocycles. The fourth-order valence-electron chi connectivity index (χ4n) is 2.99. The molecular weight excluding hydrogens is 408 g/mol. The first-order valence-electron chi connectivity index (χ1n) is 10.3. The molecule has 9 heteroatoms. The molecule has 0 bridgehead atoms. The van der Waals surface area contributed by atoms with Crippen molar-refractivity contribution in [3.05, 3.63) is 59.4 Å². The summed E-state index contributed by atoms with van der Waals surface area (Å²) in [6.07, 6.45) is 1.15. The highest BCUT2D eigenvalue weighted by Gasteiger charge is 2.13. The maximum absolute atomic E-state index is 12.1. The first kappa shape index (κ1) is 22.7. The second-order valence-corrected chi connectivity index (χ2v) is 7.23. The Morgan fingerprint density at radius 1 is 1.09 bits per heavy atom. The molecule has 3 rings (SSSR count). The van der Waals surface area contributed by atoms with E-state index in [9.17, 15) is 9.59 Å². The minimum Gasteiger partial charge on any atom is -0.485 e. The maximum atomic E-state index is 12.1. The first-order valence-corrected chi connectivity index (χ1v) is 10.3. The predicted molar refractivity (Wildman–Crippen MR) is 123 cm³/mol. The van der Waals surface area contributed by atoms with Crippen LogP contribution < -0.4 is 21.1 Å². The molecule has 1 amide bonds. The van der Waals surface area contributed by atoms with Crippen LogP contribution in [-0.4, -0.2) is 26.6 Å². The van der Waals surface area contributed by atoms with E-state index < -0.39 is 0 Å². The molecular formula is C23H26N6O3. The molecule has 1 heterocycles. The van der Waals surface area contributed by atoms with E-state index in [1.54, 1.807) is 18.2 Å². The molecule has 0 atom stereocenters. The van der Waals surface area contributed by atoms with Crippen LogP contribution in [-0.2, 0) is 11.4 Å². The smallest absolute Gasteiger partial charge is 0.232 e. The summed E-state index contributed by atoms with van der Waals surface area (Å²) in [5, 5.41) is 5.90. The monoisotopic (exact) mass is 434 g/mol. The molecule has 0 spiro atoms. The lowest BCUT2D eigenvalue weighted by Crippen LogP contribution is -2.12. The quantitative estimate of drug-likeness (QED) is 0.430. The van der Waals surface area contributed by atoms with Crippen LogP contribution in [0.2, 0.25) is 0 Å². The van der Waals surface area contributed by atoms with Gasteiger partial charge in [0.1, 0.15) is 12.4 Å². The number of nitrogens with one attached hydrogen (secondary N) is 2. The van der Waals surface area contributed by atoms with E-state index >= 15 is 0 Å². The van der Waals surface area contributed by atoms with Crippen LogP contribution in [0, 0.1) is 6.92 Å². The van der Waals surface area contributed by atoms with Gasteiger partial charge < -0.3 is 21.1 Å². The van der Waals surface area contributed by atoms with Crippen LogP contribution in [0.1, 0.15) is 48.4 Å². The van der Waals surface area contributed by atoms with E-state index in [0.29, 0.717) is 35.2 Å². The number of Topliss-reactive ketones (excluding diaryl/α,β-unsaturated/α-hetero) is 1. The van der Waals surface area contributed by atoms with Crippen molar-refractivity contribution >= 4 is 35.0 Å². The van der Waals surface area contributed by atoms with Crippen LogP contribution >= 0.6 is 0 Å². The Hall–Kier alpha value is -4.01. The van der Waals surface area contributed by atoms with Crippen molar-refractivity contribution in [2.24, 2.45) is 0 Å². The van der Waals surface area contributed by atoms with Crippen molar-refractivity contribution in [3.63, 3.8) is 0 Å². The number of hydrogen-bond acceptors (Lipinski definition) is 8. The summed E-state index contributed by atoms with van der Waals surface area (Å²) in [7, 11) is 0. The Bertz CT molecular complexity index is 1130. The molecule has 0 aliphatic rings. The Morgan fingerprint density at radius 2 is 1.88 bits per heavy atom. The van der Waals surface area contributed by atoms with E-state index in [2.05, 4.69) is 25.6 Å². The SMILES string of the molecule is CCCC(=O)Nc1ccc(OCc2nc(N)nc(Nc3ccccc3C)n2)c(C(C)=O)c1. The average molecular weight is 435 g/mol. The Balaban J connectivity index is 1.76. The van der Waals surface area contributed by atoms with Gasteiger partial charge in [-0.3, -0.25) is 9.59 Å². The van der Waals surface area contributed by atoms with Crippen LogP contribution in [0.15, 0.2) is 42.5 Å². The zero-order valence-corrected chi connectivity index (χ0v) is 18.3. The van der Waals surface area contributed by atoms with Gasteiger partial charge in [0, 0.05) is 17.8 Å². The van der Waals surface area contributed by atoms with Gasteiger partial charge in [-0.2, -0.15) is 15.0 Å². The van der Waals surface area contributed by atoms with Crippen molar-refractivity contribution in [3.8, 4) is 5.75 Å². The largest absolute Gasteiger partial charge is 0.485 e. The second-order valence-electron chi connectivity index (χ2n) is 7.23. The molecule has 0 aliphatic heterocycles. The molecule has 0 aliphatic carbocycles. The molecule has 4 N–H and O–H groups in total. The number of rotatable bonds is 9. The number of amides is 1. The number of hydrogen-bond donors (Lipinski definition) is 3. The minimum atomic E-state index is -0.191. The molecule has 3 aromatic rings. The van der Waals surface area contributed by atoms with Crippen molar-refractivity contribution in [1.82, 2.24) is 15.0 Å². The summed E-state index contributed by atoms with van der Waals surface area (Å²) in [6.45, 7) is 5.31. The van der Waals surface area contributed by atoms with Crippen LogP contribution in [0.5, 0.6) is 5.75 Å². The highest BCUT2D eigenvalue weighted by atomic mass is 16.5. The zero-order valence-electron chi connectivity index (χ0n) is 18.3. The van der Waals surface area contributed by atoms with Crippen molar-refractivity contribution in [2.75, 3.05) is 16.4 Å². The number of nitrogen functional groups attached to an aromatic ring is 1. The Kier molecular flexibility index (Phi) is 7.33. The van der Waals surface area contributed by atoms with Gasteiger partial charge in [-0.1, -0.05) is 25.1 Å². The number of benzene rings is 2. The van der Waals surface area contributed by atoms with E-state index in [0.717, 1.165) is 17.7 Å². The zero-order chi connectivity index (χ0) is 23.1. The van der Waals surface area contributed by atoms with E-state index in [4.69, 9.17) is 10.5 Å². The third-order valence-corrected chi connectivity index (χ3v) is 4.57. The van der Waals surface area contributed by atoms with E-state index in [1.807, 2.05) is 38.1 Å². The normalized spacial score (nSPS) is 10.5. The molecule has 166 valence electrons. The van der Waals surface area contributed by atoms with Crippen LogP contribution in [0.3, 0.4) is 0 Å². The summed E-state index contributed by atoms with van der Waals surface area (Å²) in [5.41, 5.74) is 8.60. The van der Waals surface area contributed by atoms with Gasteiger partial charge in [-0.15, -0.1) is 0 Å². The molecule has 32 heavy (non-hydrogen) atoms. The molecule has 0 radical (unpaired) electrons. The van der Waals surface area contributed by atoms with Crippen LogP contribution in [0.4, 0.5) is 23.3 Å². The summed E-state index contributed by atoms with van der Waals surface area (Å²) in [5.74, 6) is 0.720. The summed E-state index contributed by atoms with van der Waals surface area (Å²) >= 11 is 0. The standard InChI is InChI=1S/C23H26N6O3/c1-4-7-21(31)25-16-10-11-19(17(12-16)15(3)30)32-13-20-27-22(24)29-23(28-20)26-18-9-6-5-8-14(18)2/h5-6,8-12H,4,7,13H2,1-3H3,(H,25,31)(H3,24,26,27,28,29). The molecule has 0 unspecified atom stereocenters. The highest BCUT2D eigenvalue weighted by molar-refractivity contribution is 5.99. The summed E-state index contributed by atoms with van der Waals surface area (Å²) < 4.78 is 5.81. The summed E-state index contributed by atoms with van der Waals surface area (Å²) in [6, 6.07) is 12.6. The molecule has 9 nitrogen and oxygen atoms in total. The second kappa shape index (κ2) is 10.3. The fourth-order valence-corrected chi connectivity index (χ4v) is 2.99. The number of carbonyl (C=O) groups excluding carboxylic acids is 2. The number of para-hydroxylation sites is 1. The van der Waals surface area contributed by atoms with Crippen molar-refractivity contribution in [1.29, 1.82) is 0 Å². The summed E-state index contributed by atoms with van der Waals surface area (Å²) in [4.78, 5) is 36.5. The van der Waals surface area contributed by atoms with E-state index in [-0.39, 0.29) is 24.2 Å². The molecule has 0 saturated carbocycles. The first-order chi connectivity index (χ1) is 15.4. The topological polar surface area (TPSA) is 132 Å². The molecule has 1 aromatic heterocycles. The Labute approximate surface area is 186 Å². The number of aryl methyl sites for hydroxylation is 1. The highest BCUT2D eigenvalue weighted by Crippen LogP contribution is 2.25. The lowest BCUT2D eigenvalue weighted by Gasteiger charge is -2.13. The lowest BCUT2D eigenvalue weighted by molar-refractivity contribution is -0.116. The van der Waals surface area contributed by atoms with Crippen molar-refractivity contribution in [2.45, 2.75) is 40.2 Å². The van der Waals surface area contributed by atoms with Crippen LogP contribution in [0.25, 0.3) is 0 Å². The number of carbonyl (C=O) groups is 2. The number of nitrogens with two attached hydrogens (primary N) is 1. The number of aromatic nitrogens is 3. The maximum Gasteiger partial charge on any atom is 0.232 e. The molecule has 0 fully saturated rings. The van der Waals surface area contributed by atoms with Gasteiger partial charge >= 0.3 is 0 Å². The van der Waals surface area contributed by atoms with Gasteiger partial charge in [0.2, 0.25) is 17.8 Å². The van der Waals surface area contributed by atoms with Crippen molar-refractivity contribution < 1.29 is 14.3 Å². The van der Waals surface area contributed by atoms with Gasteiger partial charge in [-0.05, 0) is 50.1 Å². The van der Waals surface area contributed by atoms with E-state index in [1.165, 1.54) is 6.92 Å². The predicted octanol–water partition coefficient (Wildman–Crippen LogP) is 4.03. The van der Waals surface area contributed by atoms with Gasteiger partial charge in [-0.25, -0.2) is 0 Å². The minimum absolute atomic E-state index is 0.0169. The number of ketones is 1.